The molecule has 0 bridgehead atoms. The first-order valence-corrected chi connectivity index (χ1v) is 49.5. The van der Waals surface area contributed by atoms with Gasteiger partial charge in [-0.2, -0.15) is 19.9 Å². The maximum Gasteiger partial charge on any atom is 0.238 e. The topological polar surface area (TPSA) is 174 Å². The summed E-state index contributed by atoms with van der Waals surface area (Å²) in [6, 6.07) is 174. The van der Waals surface area contributed by atoms with Crippen molar-refractivity contribution in [3.8, 4) is 193 Å². The minimum atomic E-state index is 0.483. The molecule has 690 valence electrons. The molecule has 148 heavy (non-hydrogen) atoms. The standard InChI is InChI=1S/C132H82N16/c1-7-37-83(38-8-1)121-133-122(84-39-9-2-10-40-84)136-128(135-121)97-57-31-59-99(81-97)145-109-69-23-19-61-105(109)117-101(65-33-73-113(117)145)91-51-29-52-92(79-91)102-66-34-74-114-118(102)106-62-20-24-70-110(106)146(114)100-60-32-58-98(82-100)129-137-123(85-41-11-3-12-42-85)134-127(140-129)95-55-27-49-89(77-95)90-50-28-56-96(78-90)130-139-126(88-47-17-6-18-48-88)143-132(144-130)148-112-72-26-22-64-108(112)120-104(68-36-76-116(120)148)94-54-30-53-93(80-94)103-67-35-75-115-119(103)107-63-21-25-71-111(107)147(115)131-141-124(86-43-13-4-14-44-86)138-125(142-131)87-45-15-5-16-46-87/h1-82H. The molecule has 0 saturated heterocycles. The summed E-state index contributed by atoms with van der Waals surface area (Å²) >= 11 is 0. The number of aromatic nitrogens is 16. The first-order chi connectivity index (χ1) is 73.4. The highest BCUT2D eigenvalue weighted by Gasteiger charge is 2.28. The summed E-state index contributed by atoms with van der Waals surface area (Å²) in [6.45, 7) is 0. The molecule has 16 heteroatoms. The van der Waals surface area contributed by atoms with Crippen LogP contribution in [0.1, 0.15) is 0 Å². The van der Waals surface area contributed by atoms with Gasteiger partial charge < -0.3 is 9.13 Å². The molecule has 0 N–H and O–H groups in total. The van der Waals surface area contributed by atoms with Crippen molar-refractivity contribution in [1.82, 2.24) is 78.1 Å². The van der Waals surface area contributed by atoms with Crippen LogP contribution in [0.3, 0.4) is 0 Å². The number of fused-ring (bicyclic) bond motifs is 12. The molecule has 0 aliphatic carbocycles. The number of hydrogen-bond acceptors (Lipinski definition) is 12. The molecular weight excluding hydrogens is 1810 g/mol. The lowest BCUT2D eigenvalue weighted by molar-refractivity contribution is 0.953. The Morgan fingerprint density at radius 2 is 0.291 bits per heavy atom. The van der Waals surface area contributed by atoms with Crippen molar-refractivity contribution in [2.45, 2.75) is 0 Å². The molecule has 8 aromatic heterocycles. The normalized spacial score (nSPS) is 11.6. The van der Waals surface area contributed by atoms with Gasteiger partial charge in [0.2, 0.25) is 11.9 Å². The Hall–Kier alpha value is -20.4. The number of benzene rings is 20. The van der Waals surface area contributed by atoms with Crippen LogP contribution in [0.5, 0.6) is 0 Å². The molecule has 16 nitrogen and oxygen atoms in total. The van der Waals surface area contributed by atoms with Crippen molar-refractivity contribution >= 4 is 87.2 Å². The van der Waals surface area contributed by atoms with Crippen LogP contribution in [-0.2, 0) is 0 Å². The summed E-state index contributed by atoms with van der Waals surface area (Å²) in [7, 11) is 0. The third-order valence-electron chi connectivity index (χ3n) is 28.2. The first-order valence-electron chi connectivity index (χ1n) is 49.5. The van der Waals surface area contributed by atoms with Gasteiger partial charge in [-0.15, -0.1) is 0 Å². The van der Waals surface area contributed by atoms with E-state index in [1.54, 1.807) is 0 Å². The quantitative estimate of drug-likeness (QED) is 0.0750. The van der Waals surface area contributed by atoms with Crippen molar-refractivity contribution in [1.29, 1.82) is 0 Å². The van der Waals surface area contributed by atoms with Crippen LogP contribution in [0.15, 0.2) is 497 Å². The molecule has 28 rings (SSSR count). The Morgan fingerprint density at radius 3 is 0.568 bits per heavy atom. The van der Waals surface area contributed by atoms with E-state index in [4.69, 9.17) is 59.8 Å². The molecule has 0 aliphatic heterocycles. The monoisotopic (exact) mass is 1890 g/mol. The van der Waals surface area contributed by atoms with E-state index in [-0.39, 0.29) is 0 Å². The minimum Gasteiger partial charge on any atom is -0.309 e. The van der Waals surface area contributed by atoms with Gasteiger partial charge in [0.05, 0.1) is 44.1 Å². The highest BCUT2D eigenvalue weighted by molar-refractivity contribution is 6.20. The van der Waals surface area contributed by atoms with Gasteiger partial charge in [-0.1, -0.05) is 400 Å². The lowest BCUT2D eigenvalue weighted by Crippen LogP contribution is -2.06. The van der Waals surface area contributed by atoms with E-state index in [1.165, 1.54) is 0 Å². The van der Waals surface area contributed by atoms with Crippen LogP contribution in [0.2, 0.25) is 0 Å². The Bertz CT molecular complexity index is 10000. The minimum absolute atomic E-state index is 0.483. The van der Waals surface area contributed by atoms with Crippen LogP contribution in [0.4, 0.5) is 0 Å². The van der Waals surface area contributed by atoms with E-state index in [9.17, 15) is 0 Å². The SMILES string of the molecule is c1ccc(-c2nc(-c3ccccc3)nc(-c3cccc(-n4c5ccccc5c5c(-c6cccc(-c7cccc8c7c7ccccc7n8-c7cccc(-c8nc(-c9ccccc9)nc(-c9cccc(-c%10cccc(-c%11nc(-c%12ccccc%12)nc(-n%12c%13ccccc%13c%13c(-c%14cccc(-c%15cccc%16c%15c%15ccccc%15n%16-c%15nc(-c%16ccccc%16)nc(-c%16ccccc%16)n%15)c%14)cccc%13%12)n%11)c%10)c9)n8)c7)c6)cccc54)c3)n2)cc1. The third kappa shape index (κ3) is 15.1. The molecule has 0 atom stereocenters. The molecule has 8 heterocycles. The second-order valence-corrected chi connectivity index (χ2v) is 37.0. The average Bonchev–Trinajstić information content (AvgIpc) is 1.58. The van der Waals surface area contributed by atoms with Crippen molar-refractivity contribution in [3.63, 3.8) is 0 Å². The van der Waals surface area contributed by atoms with Crippen LogP contribution >= 0.6 is 0 Å². The second-order valence-electron chi connectivity index (χ2n) is 37.0. The number of hydrogen-bond donors (Lipinski definition) is 0. The van der Waals surface area contributed by atoms with Gasteiger partial charge in [0.1, 0.15) is 0 Å². The molecule has 0 radical (unpaired) electrons. The maximum absolute atomic E-state index is 5.54. The van der Waals surface area contributed by atoms with Crippen LogP contribution in [-0.4, -0.2) is 78.1 Å². The Balaban J connectivity index is 0.505. The highest BCUT2D eigenvalue weighted by Crippen LogP contribution is 2.48. The van der Waals surface area contributed by atoms with E-state index in [0.29, 0.717) is 70.1 Å². The summed E-state index contributed by atoms with van der Waals surface area (Å²) in [5.74, 6) is 6.69. The Morgan fingerprint density at radius 1 is 0.115 bits per heavy atom. The van der Waals surface area contributed by atoms with Crippen molar-refractivity contribution < 1.29 is 0 Å². The summed E-state index contributed by atoms with van der Waals surface area (Å²) in [6.07, 6.45) is 0. The van der Waals surface area contributed by atoms with Gasteiger partial charge in [0, 0.05) is 110 Å². The third-order valence-corrected chi connectivity index (χ3v) is 28.2. The summed E-state index contributed by atoms with van der Waals surface area (Å²) in [5.41, 5.74) is 29.4. The number of para-hydroxylation sites is 4. The van der Waals surface area contributed by atoms with Crippen LogP contribution in [0.25, 0.3) is 280 Å². The average molecular weight is 1890 g/mol. The fourth-order valence-corrected chi connectivity index (χ4v) is 21.5. The lowest BCUT2D eigenvalue weighted by Gasteiger charge is -2.13. The summed E-state index contributed by atoms with van der Waals surface area (Å²) in [4.78, 5) is 63.3. The van der Waals surface area contributed by atoms with Gasteiger partial charge in [-0.05, 0) is 153 Å². The first kappa shape index (κ1) is 85.6. The van der Waals surface area contributed by atoms with Crippen LogP contribution < -0.4 is 0 Å². The lowest BCUT2D eigenvalue weighted by atomic mass is 9.94. The van der Waals surface area contributed by atoms with E-state index < -0.39 is 0 Å². The molecule has 0 unspecified atom stereocenters. The summed E-state index contributed by atoms with van der Waals surface area (Å²) in [5, 5.41) is 8.89. The molecule has 0 aliphatic rings. The zero-order valence-electron chi connectivity index (χ0n) is 79.5. The van der Waals surface area contributed by atoms with Gasteiger partial charge in [-0.3, -0.25) is 9.13 Å². The van der Waals surface area contributed by atoms with Gasteiger partial charge in [-0.25, -0.2) is 39.9 Å². The largest absolute Gasteiger partial charge is 0.309 e. The predicted octanol–water partition coefficient (Wildman–Crippen LogP) is 31.8. The van der Waals surface area contributed by atoms with E-state index >= 15 is 0 Å². The molecule has 0 saturated carbocycles. The molecule has 20 aromatic carbocycles. The molecule has 0 spiro atoms. The maximum atomic E-state index is 5.54. The Labute approximate surface area is 849 Å². The predicted molar refractivity (Wildman–Crippen MR) is 599 cm³/mol. The molecule has 0 fully saturated rings. The number of rotatable bonds is 19. The van der Waals surface area contributed by atoms with Crippen LogP contribution in [0, 0.1) is 0 Å². The van der Waals surface area contributed by atoms with E-state index in [0.717, 1.165) is 210 Å². The van der Waals surface area contributed by atoms with Crippen molar-refractivity contribution in [2.75, 3.05) is 0 Å². The fourth-order valence-electron chi connectivity index (χ4n) is 21.5. The van der Waals surface area contributed by atoms with Crippen molar-refractivity contribution in [3.05, 3.63) is 497 Å². The molecule has 0 amide bonds. The number of nitrogens with zero attached hydrogens (tertiary/aromatic N) is 16. The zero-order chi connectivity index (χ0) is 97.6. The smallest absolute Gasteiger partial charge is 0.238 e. The Kier molecular flexibility index (Phi) is 20.8. The molecular formula is C132H82N16. The van der Waals surface area contributed by atoms with Gasteiger partial charge in [0.15, 0.2) is 58.2 Å². The summed E-state index contributed by atoms with van der Waals surface area (Å²) < 4.78 is 9.14. The zero-order valence-corrected chi connectivity index (χ0v) is 79.5. The fraction of sp³-hybridized carbons (Fsp3) is 0. The van der Waals surface area contributed by atoms with Crippen molar-refractivity contribution in [2.24, 2.45) is 0 Å². The van der Waals surface area contributed by atoms with Gasteiger partial charge >= 0.3 is 0 Å². The van der Waals surface area contributed by atoms with E-state index in [1.807, 2.05) is 158 Å². The molecule has 28 aromatic rings. The second kappa shape index (κ2) is 36.0. The highest BCUT2D eigenvalue weighted by atomic mass is 15.2. The van der Waals surface area contributed by atoms with Gasteiger partial charge in [0.25, 0.3) is 0 Å². The van der Waals surface area contributed by atoms with E-state index in [2.05, 4.69) is 358 Å².